The second kappa shape index (κ2) is 4.66. The van der Waals surface area contributed by atoms with Crippen LogP contribution in [0.4, 0.5) is 5.69 Å². The highest BCUT2D eigenvalue weighted by atomic mass is 16.3. The summed E-state index contributed by atoms with van der Waals surface area (Å²) in [5.41, 5.74) is 2.26. The predicted molar refractivity (Wildman–Crippen MR) is 72.9 cm³/mol. The van der Waals surface area contributed by atoms with Gasteiger partial charge in [-0.15, -0.1) is 0 Å². The molecule has 1 fully saturated rings. The van der Waals surface area contributed by atoms with E-state index in [-0.39, 0.29) is 11.9 Å². The van der Waals surface area contributed by atoms with E-state index in [1.54, 1.807) is 0 Å². The molecule has 1 saturated heterocycles. The summed E-state index contributed by atoms with van der Waals surface area (Å²) in [6, 6.07) is 5.40. The number of rotatable bonds is 2. The van der Waals surface area contributed by atoms with E-state index in [2.05, 4.69) is 22.5 Å². The maximum Gasteiger partial charge on any atom is 0.241 e. The monoisotopic (exact) mass is 259 g/mol. The average molecular weight is 259 g/mol. The number of fused-ring (bicyclic) bond motifs is 1. The molecule has 1 aromatic carbocycles. The first-order valence-corrected chi connectivity index (χ1v) is 6.55. The first kappa shape index (κ1) is 12.2. The van der Waals surface area contributed by atoms with Crippen molar-refractivity contribution in [1.82, 2.24) is 10.3 Å². The van der Waals surface area contributed by atoms with E-state index in [4.69, 9.17) is 4.42 Å². The smallest absolute Gasteiger partial charge is 0.241 e. The summed E-state index contributed by atoms with van der Waals surface area (Å²) in [5, 5.41) is 6.15. The van der Waals surface area contributed by atoms with Crippen LogP contribution in [-0.4, -0.2) is 23.5 Å². The Balaban J connectivity index is 1.79. The molecule has 19 heavy (non-hydrogen) atoms. The summed E-state index contributed by atoms with van der Waals surface area (Å²) in [4.78, 5) is 16.4. The van der Waals surface area contributed by atoms with Crippen LogP contribution in [0.25, 0.3) is 11.1 Å². The van der Waals surface area contributed by atoms with Crippen molar-refractivity contribution < 1.29 is 9.21 Å². The molecule has 0 spiro atoms. The summed E-state index contributed by atoms with van der Waals surface area (Å²) < 4.78 is 5.41. The van der Waals surface area contributed by atoms with Crippen molar-refractivity contribution in [1.29, 1.82) is 0 Å². The van der Waals surface area contributed by atoms with Crippen molar-refractivity contribution in [2.24, 2.45) is 5.92 Å². The van der Waals surface area contributed by atoms with E-state index in [9.17, 15) is 4.79 Å². The van der Waals surface area contributed by atoms with Crippen molar-refractivity contribution in [3.05, 3.63) is 24.1 Å². The van der Waals surface area contributed by atoms with Gasteiger partial charge in [0.1, 0.15) is 5.52 Å². The highest BCUT2D eigenvalue weighted by Crippen LogP contribution is 2.21. The van der Waals surface area contributed by atoms with Gasteiger partial charge in [0.25, 0.3) is 0 Å². The fraction of sp³-hybridized carbons (Fsp3) is 0.429. The Morgan fingerprint density at radius 3 is 3.11 bits per heavy atom. The zero-order valence-electron chi connectivity index (χ0n) is 11.1. The Morgan fingerprint density at radius 2 is 2.37 bits per heavy atom. The van der Waals surface area contributed by atoms with Crippen molar-refractivity contribution in [2.75, 3.05) is 11.9 Å². The van der Waals surface area contributed by atoms with Crippen LogP contribution in [0.15, 0.2) is 22.6 Å². The third kappa shape index (κ3) is 2.33. The van der Waals surface area contributed by atoms with Gasteiger partial charge in [0.15, 0.2) is 11.5 Å². The molecule has 2 N–H and O–H groups in total. The van der Waals surface area contributed by atoms with E-state index < -0.39 is 0 Å². The fourth-order valence-corrected chi connectivity index (χ4v) is 2.53. The minimum atomic E-state index is -0.102. The molecule has 2 atom stereocenters. The molecule has 0 radical (unpaired) electrons. The van der Waals surface area contributed by atoms with Crippen molar-refractivity contribution in [3.63, 3.8) is 0 Å². The van der Waals surface area contributed by atoms with Crippen LogP contribution in [0.5, 0.6) is 0 Å². The number of anilines is 1. The van der Waals surface area contributed by atoms with Crippen LogP contribution in [-0.2, 0) is 4.79 Å². The molecule has 1 aliphatic rings. The zero-order valence-corrected chi connectivity index (χ0v) is 11.1. The molecule has 3 rings (SSSR count). The lowest BCUT2D eigenvalue weighted by atomic mass is 10.0. The third-order valence-corrected chi connectivity index (χ3v) is 3.58. The summed E-state index contributed by atoms with van der Waals surface area (Å²) in [7, 11) is 0. The molecule has 1 amide bonds. The number of amides is 1. The summed E-state index contributed by atoms with van der Waals surface area (Å²) >= 11 is 0. The third-order valence-electron chi connectivity index (χ3n) is 3.58. The Morgan fingerprint density at radius 1 is 1.53 bits per heavy atom. The molecule has 5 nitrogen and oxygen atoms in total. The van der Waals surface area contributed by atoms with Gasteiger partial charge in [-0.25, -0.2) is 4.98 Å². The van der Waals surface area contributed by atoms with Crippen LogP contribution in [0, 0.1) is 12.8 Å². The topological polar surface area (TPSA) is 67.2 Å². The van der Waals surface area contributed by atoms with Crippen molar-refractivity contribution >= 4 is 22.7 Å². The standard InChI is InChI=1S/C14H17N3O2/c1-8-5-6-15-13(8)14(18)17-10-3-4-12-11(7-10)16-9(2)19-12/h3-4,7-8,13,15H,5-6H2,1-2H3,(H,17,18). The number of nitrogens with zero attached hydrogens (tertiary/aromatic N) is 1. The van der Waals surface area contributed by atoms with Gasteiger partial charge < -0.3 is 15.1 Å². The maximum absolute atomic E-state index is 12.1. The summed E-state index contributed by atoms with van der Waals surface area (Å²) in [5.74, 6) is 1.02. The van der Waals surface area contributed by atoms with Crippen molar-refractivity contribution in [2.45, 2.75) is 26.3 Å². The van der Waals surface area contributed by atoms with Gasteiger partial charge in [-0.2, -0.15) is 0 Å². The number of hydrogen-bond donors (Lipinski definition) is 2. The molecule has 2 aromatic rings. The molecule has 2 heterocycles. The van der Waals surface area contributed by atoms with Gasteiger partial charge in [-0.05, 0) is 37.1 Å². The van der Waals surface area contributed by atoms with Gasteiger partial charge >= 0.3 is 0 Å². The van der Waals surface area contributed by atoms with Gasteiger partial charge in [0.2, 0.25) is 5.91 Å². The Hall–Kier alpha value is -1.88. The van der Waals surface area contributed by atoms with Crippen LogP contribution in [0.3, 0.4) is 0 Å². The second-order valence-corrected chi connectivity index (χ2v) is 5.10. The summed E-state index contributed by atoms with van der Waals surface area (Å²) in [6.07, 6.45) is 1.04. The molecular weight excluding hydrogens is 242 g/mol. The minimum Gasteiger partial charge on any atom is -0.441 e. The quantitative estimate of drug-likeness (QED) is 0.866. The van der Waals surface area contributed by atoms with Crippen LogP contribution >= 0.6 is 0 Å². The molecule has 0 bridgehead atoms. The number of hydrogen-bond acceptors (Lipinski definition) is 4. The highest BCUT2D eigenvalue weighted by molar-refractivity contribution is 5.96. The van der Waals surface area contributed by atoms with E-state index in [0.29, 0.717) is 11.8 Å². The first-order valence-electron chi connectivity index (χ1n) is 6.55. The Kier molecular flexibility index (Phi) is 2.98. The second-order valence-electron chi connectivity index (χ2n) is 5.10. The van der Waals surface area contributed by atoms with Crippen LogP contribution in [0.2, 0.25) is 0 Å². The first-order chi connectivity index (χ1) is 9.13. The number of carbonyl (C=O) groups is 1. The maximum atomic E-state index is 12.1. The molecule has 2 unspecified atom stereocenters. The Bertz CT molecular complexity index is 620. The number of oxazole rings is 1. The molecule has 1 aromatic heterocycles. The fourth-order valence-electron chi connectivity index (χ4n) is 2.53. The number of carbonyl (C=O) groups excluding carboxylic acids is 1. The summed E-state index contributed by atoms with van der Waals surface area (Å²) in [6.45, 7) is 4.80. The lowest BCUT2D eigenvalue weighted by Gasteiger charge is -2.15. The number of nitrogens with one attached hydrogen (secondary N) is 2. The van der Waals surface area contributed by atoms with Gasteiger partial charge in [0.05, 0.1) is 6.04 Å². The largest absolute Gasteiger partial charge is 0.441 e. The SMILES string of the molecule is Cc1nc2cc(NC(=O)C3NCCC3C)ccc2o1. The normalized spacial score (nSPS) is 22.8. The van der Waals surface area contributed by atoms with Gasteiger partial charge in [-0.1, -0.05) is 6.92 Å². The van der Waals surface area contributed by atoms with Crippen molar-refractivity contribution in [3.8, 4) is 0 Å². The molecule has 5 heteroatoms. The molecular formula is C14H17N3O2. The average Bonchev–Trinajstić information content (AvgIpc) is 2.93. The van der Waals surface area contributed by atoms with E-state index in [0.717, 1.165) is 29.8 Å². The zero-order chi connectivity index (χ0) is 13.4. The number of benzene rings is 1. The predicted octanol–water partition coefficient (Wildman–Crippen LogP) is 2.07. The Labute approximate surface area is 111 Å². The number of aromatic nitrogens is 1. The highest BCUT2D eigenvalue weighted by Gasteiger charge is 2.29. The molecule has 1 aliphatic heterocycles. The molecule has 0 aliphatic carbocycles. The minimum absolute atomic E-state index is 0.0181. The van der Waals surface area contributed by atoms with E-state index >= 15 is 0 Å². The number of aryl methyl sites for hydroxylation is 1. The lowest BCUT2D eigenvalue weighted by Crippen LogP contribution is -2.39. The molecule has 0 saturated carbocycles. The molecule has 100 valence electrons. The van der Waals surface area contributed by atoms with Gasteiger partial charge in [0, 0.05) is 12.6 Å². The van der Waals surface area contributed by atoms with Gasteiger partial charge in [-0.3, -0.25) is 4.79 Å². The van der Waals surface area contributed by atoms with E-state index in [1.807, 2.05) is 25.1 Å². The van der Waals surface area contributed by atoms with E-state index in [1.165, 1.54) is 0 Å². The lowest BCUT2D eigenvalue weighted by molar-refractivity contribution is -0.118. The van der Waals surface area contributed by atoms with Crippen LogP contribution in [0.1, 0.15) is 19.2 Å². The van der Waals surface area contributed by atoms with Crippen LogP contribution < -0.4 is 10.6 Å².